The Morgan fingerprint density at radius 2 is 1.68 bits per heavy atom. The Kier molecular flexibility index (Phi) is 7.25. The molecule has 3 aromatic rings. The van der Waals surface area contributed by atoms with Crippen LogP contribution in [0.4, 0.5) is 5.69 Å². The molecule has 28 heavy (non-hydrogen) atoms. The molecular weight excluding hydrogens is 413 g/mol. The van der Waals surface area contributed by atoms with Crippen LogP contribution in [-0.2, 0) is 6.61 Å². The van der Waals surface area contributed by atoms with Crippen LogP contribution in [0.1, 0.15) is 11.1 Å². The van der Waals surface area contributed by atoms with Gasteiger partial charge in [0.25, 0.3) is 0 Å². The van der Waals surface area contributed by atoms with Crippen molar-refractivity contribution in [1.29, 1.82) is 0 Å². The number of benzene rings is 3. The Balaban J connectivity index is 1.55. The predicted octanol–water partition coefficient (Wildman–Crippen LogP) is 5.89. The molecule has 2 N–H and O–H groups in total. The highest BCUT2D eigenvalue weighted by molar-refractivity contribution is 7.80. The molecule has 142 valence electrons. The van der Waals surface area contributed by atoms with Crippen LogP contribution in [0.3, 0.4) is 0 Å². The molecule has 0 aliphatic carbocycles. The fraction of sp³-hybridized carbons (Fsp3) is 0.0476. The summed E-state index contributed by atoms with van der Waals surface area (Å²) in [7, 11) is 0. The first-order chi connectivity index (χ1) is 13.6. The highest BCUT2D eigenvalue weighted by Crippen LogP contribution is 2.26. The van der Waals surface area contributed by atoms with Gasteiger partial charge in [-0.25, -0.2) is 0 Å². The molecule has 0 atom stereocenters. The first-order valence-corrected chi connectivity index (χ1v) is 9.59. The number of ether oxygens (including phenoxy) is 1. The fourth-order valence-corrected chi connectivity index (χ4v) is 3.03. The van der Waals surface area contributed by atoms with E-state index in [0.29, 0.717) is 20.9 Å². The third-order valence-electron chi connectivity index (χ3n) is 3.71. The van der Waals surface area contributed by atoms with Crippen molar-refractivity contribution in [2.75, 3.05) is 5.32 Å². The van der Waals surface area contributed by atoms with Crippen molar-refractivity contribution < 1.29 is 4.74 Å². The summed E-state index contributed by atoms with van der Waals surface area (Å²) in [6, 6.07) is 22.5. The Morgan fingerprint density at radius 3 is 2.43 bits per heavy atom. The van der Waals surface area contributed by atoms with Crippen LogP contribution in [0, 0.1) is 0 Å². The first kappa shape index (κ1) is 20.1. The Morgan fingerprint density at radius 1 is 0.964 bits per heavy atom. The second-order valence-corrected chi connectivity index (χ2v) is 6.97. The SMILES string of the molecule is S=C(N/N=C/c1cccc(OCc2c(Cl)cccc2Cl)c1)Nc1ccccc1. The van der Waals surface area contributed by atoms with E-state index in [2.05, 4.69) is 15.8 Å². The van der Waals surface area contributed by atoms with Crippen molar-refractivity contribution in [3.63, 3.8) is 0 Å². The Bertz CT molecular complexity index is 960. The molecule has 0 aliphatic heterocycles. The second kappa shape index (κ2) is 10.1. The average molecular weight is 430 g/mol. The molecule has 0 heterocycles. The first-order valence-electron chi connectivity index (χ1n) is 8.42. The zero-order chi connectivity index (χ0) is 19.8. The number of hydrogen-bond acceptors (Lipinski definition) is 3. The Labute approximate surface area is 179 Å². The van der Waals surface area contributed by atoms with E-state index >= 15 is 0 Å². The summed E-state index contributed by atoms with van der Waals surface area (Å²) in [5.74, 6) is 0.685. The third kappa shape index (κ3) is 5.96. The molecule has 0 spiro atoms. The maximum absolute atomic E-state index is 6.17. The smallest absolute Gasteiger partial charge is 0.191 e. The van der Waals surface area contributed by atoms with E-state index in [0.717, 1.165) is 16.8 Å². The molecule has 7 heteroatoms. The topological polar surface area (TPSA) is 45.7 Å². The lowest BCUT2D eigenvalue weighted by Crippen LogP contribution is -2.23. The third-order valence-corrected chi connectivity index (χ3v) is 4.62. The number of nitrogens with zero attached hydrogens (tertiary/aromatic N) is 1. The van der Waals surface area contributed by atoms with Gasteiger partial charge in [0, 0.05) is 21.3 Å². The zero-order valence-electron chi connectivity index (χ0n) is 14.7. The number of anilines is 1. The largest absolute Gasteiger partial charge is 0.489 e. The molecule has 0 amide bonds. The highest BCUT2D eigenvalue weighted by Gasteiger charge is 2.06. The molecule has 0 radical (unpaired) electrons. The summed E-state index contributed by atoms with van der Waals surface area (Å²) in [5.41, 5.74) is 5.29. The summed E-state index contributed by atoms with van der Waals surface area (Å²) < 4.78 is 5.81. The molecule has 0 aliphatic rings. The number of hydrazone groups is 1. The lowest BCUT2D eigenvalue weighted by molar-refractivity contribution is 0.306. The number of halogens is 2. The summed E-state index contributed by atoms with van der Waals surface area (Å²) >= 11 is 17.6. The maximum atomic E-state index is 6.17. The van der Waals surface area contributed by atoms with Crippen molar-refractivity contribution in [3.05, 3.63) is 94.0 Å². The minimum Gasteiger partial charge on any atom is -0.489 e. The van der Waals surface area contributed by atoms with Crippen molar-refractivity contribution in [1.82, 2.24) is 5.43 Å². The number of nitrogens with one attached hydrogen (secondary N) is 2. The summed E-state index contributed by atoms with van der Waals surface area (Å²) in [6.07, 6.45) is 1.66. The minimum absolute atomic E-state index is 0.280. The van der Waals surface area contributed by atoms with Crippen molar-refractivity contribution in [3.8, 4) is 5.75 Å². The van der Waals surface area contributed by atoms with Gasteiger partial charge in [0.05, 0.1) is 6.21 Å². The van der Waals surface area contributed by atoms with Gasteiger partial charge in [0.1, 0.15) is 12.4 Å². The molecule has 0 aromatic heterocycles. The van der Waals surface area contributed by atoms with E-state index in [1.165, 1.54) is 0 Å². The standard InChI is InChI=1S/C21H17Cl2N3OS/c22-19-10-5-11-20(23)18(19)14-27-17-9-4-6-15(12-17)13-24-26-21(28)25-16-7-2-1-3-8-16/h1-13H,14H2,(H2,25,26,28)/b24-13+. The van der Waals surface area contributed by atoms with Gasteiger partial charge in [-0.1, -0.05) is 59.6 Å². The van der Waals surface area contributed by atoms with Crippen LogP contribution in [0.5, 0.6) is 5.75 Å². The number of hydrogen-bond donors (Lipinski definition) is 2. The van der Waals surface area contributed by atoms with Crippen LogP contribution in [0.25, 0.3) is 0 Å². The van der Waals surface area contributed by atoms with Crippen LogP contribution >= 0.6 is 35.4 Å². The molecule has 0 bridgehead atoms. The van der Waals surface area contributed by atoms with E-state index in [9.17, 15) is 0 Å². The Hall–Kier alpha value is -2.60. The summed E-state index contributed by atoms with van der Waals surface area (Å²) in [5, 5.41) is 8.76. The van der Waals surface area contributed by atoms with Gasteiger partial charge >= 0.3 is 0 Å². The van der Waals surface area contributed by atoms with E-state index in [1.807, 2.05) is 54.6 Å². The van der Waals surface area contributed by atoms with Crippen molar-refractivity contribution in [2.24, 2.45) is 5.10 Å². The molecule has 0 saturated heterocycles. The number of rotatable bonds is 6. The van der Waals surface area contributed by atoms with Gasteiger partial charge in [0.15, 0.2) is 5.11 Å². The van der Waals surface area contributed by atoms with E-state index < -0.39 is 0 Å². The molecule has 0 fully saturated rings. The predicted molar refractivity (Wildman–Crippen MR) is 121 cm³/mol. The molecule has 3 aromatic carbocycles. The maximum Gasteiger partial charge on any atom is 0.191 e. The molecule has 3 rings (SSSR count). The number of para-hydroxylation sites is 1. The van der Waals surface area contributed by atoms with Gasteiger partial charge in [-0.05, 0) is 54.2 Å². The number of thiocarbonyl (C=S) groups is 1. The summed E-state index contributed by atoms with van der Waals surface area (Å²) in [4.78, 5) is 0. The lowest BCUT2D eigenvalue weighted by Gasteiger charge is -2.10. The van der Waals surface area contributed by atoms with E-state index in [1.54, 1.807) is 24.4 Å². The van der Waals surface area contributed by atoms with Gasteiger partial charge in [0.2, 0.25) is 0 Å². The average Bonchev–Trinajstić information content (AvgIpc) is 2.69. The molecule has 4 nitrogen and oxygen atoms in total. The van der Waals surface area contributed by atoms with Crippen LogP contribution in [0.15, 0.2) is 77.9 Å². The monoisotopic (exact) mass is 429 g/mol. The molecular formula is C21H17Cl2N3OS. The van der Waals surface area contributed by atoms with Gasteiger partial charge < -0.3 is 10.1 Å². The van der Waals surface area contributed by atoms with Gasteiger partial charge in [-0.2, -0.15) is 5.10 Å². The zero-order valence-corrected chi connectivity index (χ0v) is 17.1. The van der Waals surface area contributed by atoms with Crippen LogP contribution in [-0.4, -0.2) is 11.3 Å². The molecule has 0 saturated carbocycles. The van der Waals surface area contributed by atoms with Gasteiger partial charge in [-0.3, -0.25) is 5.43 Å². The lowest BCUT2D eigenvalue weighted by atomic mass is 10.2. The quantitative estimate of drug-likeness (QED) is 0.291. The second-order valence-electron chi connectivity index (χ2n) is 5.75. The normalized spacial score (nSPS) is 10.6. The van der Waals surface area contributed by atoms with Crippen LogP contribution < -0.4 is 15.5 Å². The minimum atomic E-state index is 0.280. The summed E-state index contributed by atoms with van der Waals surface area (Å²) in [6.45, 7) is 0.280. The van der Waals surface area contributed by atoms with Crippen molar-refractivity contribution >= 4 is 52.4 Å². The van der Waals surface area contributed by atoms with E-state index in [4.69, 9.17) is 40.2 Å². The van der Waals surface area contributed by atoms with E-state index in [-0.39, 0.29) is 6.61 Å². The van der Waals surface area contributed by atoms with Crippen molar-refractivity contribution in [2.45, 2.75) is 6.61 Å². The molecule has 0 unspecified atom stereocenters. The van der Waals surface area contributed by atoms with Crippen LogP contribution in [0.2, 0.25) is 10.0 Å². The van der Waals surface area contributed by atoms with Gasteiger partial charge in [-0.15, -0.1) is 0 Å². The fourth-order valence-electron chi connectivity index (χ4n) is 2.36. The highest BCUT2D eigenvalue weighted by atomic mass is 35.5.